The summed E-state index contributed by atoms with van der Waals surface area (Å²) in [7, 11) is 0. The lowest BCUT2D eigenvalue weighted by Crippen LogP contribution is -2.50. The zero-order chi connectivity index (χ0) is 33.7. The molecule has 1 aliphatic heterocycles. The third kappa shape index (κ3) is 9.89. The second-order valence-corrected chi connectivity index (χ2v) is 17.1. The molecular formula is C40H68O5. The highest BCUT2D eigenvalue weighted by Gasteiger charge is 2.74. The number of hydrogen-bond donors (Lipinski definition) is 4. The van der Waals surface area contributed by atoms with Gasteiger partial charge in [-0.1, -0.05) is 103 Å². The topological polar surface area (TPSA) is 93.5 Å². The Bertz CT molecular complexity index is 1030. The molecule has 0 spiro atoms. The van der Waals surface area contributed by atoms with E-state index in [1.807, 2.05) is 6.92 Å². The molecule has 0 radical (unpaired) electrons. The minimum absolute atomic E-state index is 0.0578. The largest absolute Gasteiger partial charge is 0.396 e. The SMILES string of the molecule is CC(C=CC1C(C)(C)C[C@H](O)C[C@@]1(C)O)CCCC(C)/C=C/CCC(C)/C=C/CC(/C=C/[C@@]12O[C@]1(C)C[C@@H](O)CC2(C)C)CO. The van der Waals surface area contributed by atoms with Gasteiger partial charge < -0.3 is 25.2 Å². The summed E-state index contributed by atoms with van der Waals surface area (Å²) in [6.45, 7) is 19.6. The molecule has 1 heterocycles. The molecule has 0 amide bonds. The van der Waals surface area contributed by atoms with Crippen LogP contribution in [0.3, 0.4) is 0 Å². The van der Waals surface area contributed by atoms with Crippen molar-refractivity contribution in [3.8, 4) is 0 Å². The highest BCUT2D eigenvalue weighted by atomic mass is 16.6. The lowest BCUT2D eigenvalue weighted by atomic mass is 9.61. The smallest absolute Gasteiger partial charge is 0.121 e. The Kier molecular flexibility index (Phi) is 13.0. The Hall–Kier alpha value is -1.24. The van der Waals surface area contributed by atoms with Gasteiger partial charge in [0, 0.05) is 36.7 Å². The normalized spacial score (nSPS) is 37.3. The van der Waals surface area contributed by atoms with Crippen molar-refractivity contribution in [1.82, 2.24) is 0 Å². The summed E-state index contributed by atoms with van der Waals surface area (Å²) in [5.74, 6) is 1.66. The number of fused-ring (bicyclic) bond motifs is 1. The predicted molar refractivity (Wildman–Crippen MR) is 187 cm³/mol. The van der Waals surface area contributed by atoms with Crippen LogP contribution in [0.2, 0.25) is 0 Å². The van der Waals surface area contributed by atoms with Gasteiger partial charge in [-0.05, 0) is 82.0 Å². The first kappa shape index (κ1) is 38.2. The molecule has 0 aromatic carbocycles. The van der Waals surface area contributed by atoms with Gasteiger partial charge in [0.2, 0.25) is 0 Å². The monoisotopic (exact) mass is 629 g/mol. The molecule has 3 aliphatic rings. The van der Waals surface area contributed by atoms with Crippen molar-refractivity contribution in [2.75, 3.05) is 6.61 Å². The Morgan fingerprint density at radius 2 is 1.36 bits per heavy atom. The van der Waals surface area contributed by atoms with Crippen molar-refractivity contribution in [2.45, 2.75) is 156 Å². The Labute approximate surface area is 275 Å². The summed E-state index contributed by atoms with van der Waals surface area (Å²) in [5, 5.41) is 41.4. The fourth-order valence-electron chi connectivity index (χ4n) is 8.81. The van der Waals surface area contributed by atoms with Crippen LogP contribution >= 0.6 is 0 Å². The van der Waals surface area contributed by atoms with E-state index in [9.17, 15) is 20.4 Å². The van der Waals surface area contributed by atoms with Gasteiger partial charge in [-0.3, -0.25) is 0 Å². The molecule has 0 aromatic heterocycles. The summed E-state index contributed by atoms with van der Waals surface area (Å²) in [4.78, 5) is 0. The molecule has 10 atom stereocenters. The molecule has 5 nitrogen and oxygen atoms in total. The third-order valence-corrected chi connectivity index (χ3v) is 11.4. The molecular weight excluding hydrogens is 560 g/mol. The second-order valence-electron chi connectivity index (χ2n) is 17.1. The van der Waals surface area contributed by atoms with E-state index in [0.717, 1.165) is 38.5 Å². The minimum Gasteiger partial charge on any atom is -0.396 e. The Balaban J connectivity index is 1.33. The van der Waals surface area contributed by atoms with Crippen LogP contribution in [-0.2, 0) is 4.74 Å². The second kappa shape index (κ2) is 15.3. The van der Waals surface area contributed by atoms with Gasteiger partial charge in [0.1, 0.15) is 11.2 Å². The molecule has 1 saturated heterocycles. The van der Waals surface area contributed by atoms with Crippen molar-refractivity contribution < 1.29 is 25.2 Å². The number of epoxide rings is 1. The van der Waals surface area contributed by atoms with Crippen LogP contribution in [0.5, 0.6) is 0 Å². The molecule has 4 N–H and O–H groups in total. The first-order valence-corrected chi connectivity index (χ1v) is 18.0. The molecule has 258 valence electrons. The number of hydrogen-bond acceptors (Lipinski definition) is 5. The van der Waals surface area contributed by atoms with Crippen LogP contribution in [-0.4, -0.2) is 56.0 Å². The number of allylic oxidation sites excluding steroid dienone is 5. The summed E-state index contributed by atoms with van der Waals surface area (Å²) in [6.07, 6.45) is 26.4. The van der Waals surface area contributed by atoms with Crippen molar-refractivity contribution in [2.24, 2.45) is 40.4 Å². The summed E-state index contributed by atoms with van der Waals surface area (Å²) in [6, 6.07) is 0. The zero-order valence-electron chi connectivity index (χ0n) is 30.1. The van der Waals surface area contributed by atoms with Crippen LogP contribution in [0.15, 0.2) is 48.6 Å². The quantitative estimate of drug-likeness (QED) is 0.102. The first-order valence-electron chi connectivity index (χ1n) is 18.0. The lowest BCUT2D eigenvalue weighted by molar-refractivity contribution is -0.111. The number of aliphatic hydroxyl groups is 4. The van der Waals surface area contributed by atoms with Gasteiger partial charge in [-0.15, -0.1) is 0 Å². The number of aliphatic hydroxyl groups excluding tert-OH is 3. The highest BCUT2D eigenvalue weighted by Crippen LogP contribution is 2.66. The van der Waals surface area contributed by atoms with Crippen LogP contribution in [0.1, 0.15) is 127 Å². The van der Waals surface area contributed by atoms with Gasteiger partial charge >= 0.3 is 0 Å². The van der Waals surface area contributed by atoms with Crippen molar-refractivity contribution >= 4 is 0 Å². The first-order chi connectivity index (χ1) is 20.9. The zero-order valence-corrected chi connectivity index (χ0v) is 30.1. The van der Waals surface area contributed by atoms with Crippen LogP contribution in [0, 0.1) is 40.4 Å². The maximum absolute atomic E-state index is 11.0. The van der Waals surface area contributed by atoms with Gasteiger partial charge in [0.05, 0.1) is 17.8 Å². The van der Waals surface area contributed by atoms with Crippen LogP contribution < -0.4 is 0 Å². The average Bonchev–Trinajstić information content (AvgIpc) is 3.52. The van der Waals surface area contributed by atoms with E-state index in [1.54, 1.807) is 0 Å². The molecule has 5 unspecified atom stereocenters. The van der Waals surface area contributed by atoms with E-state index in [4.69, 9.17) is 4.74 Å². The van der Waals surface area contributed by atoms with Gasteiger partial charge in [-0.2, -0.15) is 0 Å². The molecule has 5 heteroatoms. The molecule has 2 aliphatic carbocycles. The van der Waals surface area contributed by atoms with Crippen LogP contribution in [0.25, 0.3) is 0 Å². The standard InChI is InChI=1S/C40H68O5/c1-29(16-12-17-31(3)20-21-35-36(4,5)24-33(42)26-38(35,8)44)14-10-11-15-30(2)18-13-19-32(28-41)22-23-40-37(6,7)25-34(43)27-39(40,9)45-40/h10,13-14,18,20-23,29-35,41-44H,11-12,15-17,19,24-28H2,1-9H3/b14-10+,18-13+,21-20?,23-22+/t29?,30?,31?,32?,33-,34-,35?,38+,39+,40-/m0/s1. The van der Waals surface area contributed by atoms with Crippen LogP contribution in [0.4, 0.5) is 0 Å². The van der Waals surface area contributed by atoms with E-state index >= 15 is 0 Å². The maximum Gasteiger partial charge on any atom is 0.121 e. The van der Waals surface area contributed by atoms with E-state index in [2.05, 4.69) is 104 Å². The van der Waals surface area contributed by atoms with E-state index in [0.29, 0.717) is 30.6 Å². The molecule has 2 saturated carbocycles. The summed E-state index contributed by atoms with van der Waals surface area (Å²) in [5.41, 5.74) is -1.77. The Morgan fingerprint density at radius 3 is 1.98 bits per heavy atom. The van der Waals surface area contributed by atoms with Gasteiger partial charge in [0.25, 0.3) is 0 Å². The van der Waals surface area contributed by atoms with Gasteiger partial charge in [-0.25, -0.2) is 0 Å². The maximum atomic E-state index is 11.0. The molecule has 0 bridgehead atoms. The molecule has 3 fully saturated rings. The van der Waals surface area contributed by atoms with Crippen molar-refractivity contribution in [3.63, 3.8) is 0 Å². The highest BCUT2D eigenvalue weighted by molar-refractivity contribution is 5.32. The summed E-state index contributed by atoms with van der Waals surface area (Å²) < 4.78 is 6.26. The number of ether oxygens (including phenoxy) is 1. The van der Waals surface area contributed by atoms with E-state index in [1.165, 1.54) is 12.8 Å². The number of rotatable bonds is 16. The summed E-state index contributed by atoms with van der Waals surface area (Å²) >= 11 is 0. The molecule has 3 rings (SSSR count). The van der Waals surface area contributed by atoms with Gasteiger partial charge in [0.15, 0.2) is 0 Å². The van der Waals surface area contributed by atoms with E-state index in [-0.39, 0.29) is 46.6 Å². The fraction of sp³-hybridized carbons (Fsp3) is 0.800. The van der Waals surface area contributed by atoms with Crippen molar-refractivity contribution in [1.29, 1.82) is 0 Å². The third-order valence-electron chi connectivity index (χ3n) is 11.4. The van der Waals surface area contributed by atoms with E-state index < -0.39 is 11.7 Å². The minimum atomic E-state index is -0.865. The fourth-order valence-corrected chi connectivity index (χ4v) is 8.81. The average molecular weight is 629 g/mol. The molecule has 45 heavy (non-hydrogen) atoms. The lowest BCUT2D eigenvalue weighted by Gasteiger charge is -2.48. The Morgan fingerprint density at radius 1 is 0.756 bits per heavy atom. The molecule has 0 aromatic rings. The van der Waals surface area contributed by atoms with Crippen molar-refractivity contribution in [3.05, 3.63) is 48.6 Å². The predicted octanol–water partition coefficient (Wildman–Crippen LogP) is 8.33.